The van der Waals surface area contributed by atoms with E-state index in [0.717, 1.165) is 6.42 Å². The minimum atomic E-state index is -0.163. The molecule has 1 unspecified atom stereocenters. The first kappa shape index (κ1) is 13.4. The highest BCUT2D eigenvalue weighted by molar-refractivity contribution is 5.85. The van der Waals surface area contributed by atoms with Crippen molar-refractivity contribution >= 4 is 12.4 Å². The van der Waals surface area contributed by atoms with Crippen molar-refractivity contribution in [2.75, 3.05) is 6.61 Å². The summed E-state index contributed by atoms with van der Waals surface area (Å²) in [6, 6.07) is 8.33. The van der Waals surface area contributed by atoms with Gasteiger partial charge in [-0.05, 0) is 31.4 Å². The van der Waals surface area contributed by atoms with E-state index >= 15 is 0 Å². The zero-order chi connectivity index (χ0) is 9.68. The van der Waals surface area contributed by atoms with E-state index in [0.29, 0.717) is 6.61 Å². The molecule has 0 bridgehead atoms. The highest BCUT2D eigenvalue weighted by Crippen LogP contribution is 2.07. The summed E-state index contributed by atoms with van der Waals surface area (Å²) < 4.78 is 5.28. The van der Waals surface area contributed by atoms with E-state index in [1.165, 1.54) is 11.1 Å². The Kier molecular flexibility index (Phi) is 6.54. The van der Waals surface area contributed by atoms with Crippen molar-refractivity contribution in [2.45, 2.75) is 26.5 Å². The third kappa shape index (κ3) is 4.61. The Hall–Kier alpha value is -0.570. The Morgan fingerprint density at radius 2 is 2.00 bits per heavy atom. The molecule has 0 saturated heterocycles. The summed E-state index contributed by atoms with van der Waals surface area (Å²) in [5.41, 5.74) is 8.12. The van der Waals surface area contributed by atoms with Gasteiger partial charge in [-0.2, -0.15) is 0 Å². The summed E-state index contributed by atoms with van der Waals surface area (Å²) in [4.78, 5) is 0. The van der Waals surface area contributed by atoms with E-state index in [4.69, 9.17) is 10.5 Å². The number of ether oxygens (including phenoxy) is 1. The second kappa shape index (κ2) is 6.82. The van der Waals surface area contributed by atoms with Crippen LogP contribution in [-0.4, -0.2) is 12.8 Å². The molecule has 1 aromatic rings. The van der Waals surface area contributed by atoms with Crippen LogP contribution in [0.1, 0.15) is 18.1 Å². The van der Waals surface area contributed by atoms with E-state index in [1.54, 1.807) is 0 Å². The lowest BCUT2D eigenvalue weighted by Gasteiger charge is -2.08. The predicted molar refractivity (Wildman–Crippen MR) is 61.7 cm³/mol. The summed E-state index contributed by atoms with van der Waals surface area (Å²) in [5, 5.41) is 0. The molecule has 0 fully saturated rings. The molecular weight excluding hydrogens is 198 g/mol. The Bertz CT molecular complexity index is 263. The molecule has 0 aliphatic heterocycles. The summed E-state index contributed by atoms with van der Waals surface area (Å²) in [6.07, 6.45) is 0.776. The van der Waals surface area contributed by atoms with Crippen LogP contribution in [-0.2, 0) is 11.2 Å². The van der Waals surface area contributed by atoms with Crippen LogP contribution in [0.4, 0.5) is 0 Å². The van der Waals surface area contributed by atoms with Crippen LogP contribution in [0.2, 0.25) is 0 Å². The van der Waals surface area contributed by atoms with Gasteiger partial charge in [0, 0.05) is 0 Å². The molecule has 2 nitrogen and oxygen atoms in total. The molecule has 2 N–H and O–H groups in total. The Labute approximate surface area is 91.9 Å². The molecule has 14 heavy (non-hydrogen) atoms. The summed E-state index contributed by atoms with van der Waals surface area (Å²) in [5.74, 6) is 0. The zero-order valence-corrected chi connectivity index (χ0v) is 9.51. The largest absolute Gasteiger partial charge is 0.364 e. The smallest absolute Gasteiger partial charge is 0.102 e. The molecule has 1 aromatic carbocycles. The quantitative estimate of drug-likeness (QED) is 0.783. The minimum absolute atomic E-state index is 0. The Balaban J connectivity index is 0.00000169. The number of hydrogen-bond acceptors (Lipinski definition) is 2. The Morgan fingerprint density at radius 1 is 1.36 bits per heavy atom. The van der Waals surface area contributed by atoms with Gasteiger partial charge < -0.3 is 10.5 Å². The van der Waals surface area contributed by atoms with Crippen LogP contribution in [0.15, 0.2) is 24.3 Å². The fourth-order valence-corrected chi connectivity index (χ4v) is 1.25. The SMILES string of the molecule is Cc1ccccc1CCOC(C)N.Cl. The number of halogens is 1. The van der Waals surface area contributed by atoms with Crippen molar-refractivity contribution in [3.63, 3.8) is 0 Å². The fraction of sp³-hybridized carbons (Fsp3) is 0.455. The van der Waals surface area contributed by atoms with E-state index in [2.05, 4.69) is 19.1 Å². The second-order valence-corrected chi connectivity index (χ2v) is 3.25. The standard InChI is InChI=1S/C11H17NO.ClH/c1-9-5-3-4-6-11(9)7-8-13-10(2)12;/h3-6,10H,7-8,12H2,1-2H3;1H. The highest BCUT2D eigenvalue weighted by atomic mass is 35.5. The highest BCUT2D eigenvalue weighted by Gasteiger charge is 1.97. The third-order valence-electron chi connectivity index (χ3n) is 2.01. The van der Waals surface area contributed by atoms with Crippen molar-refractivity contribution in [3.8, 4) is 0 Å². The molecule has 3 heteroatoms. The lowest BCUT2D eigenvalue weighted by molar-refractivity contribution is 0.0730. The van der Waals surface area contributed by atoms with Crippen molar-refractivity contribution < 1.29 is 4.74 Å². The summed E-state index contributed by atoms with van der Waals surface area (Å²) in [7, 11) is 0. The lowest BCUT2D eigenvalue weighted by Crippen LogP contribution is -2.20. The molecule has 1 rings (SSSR count). The van der Waals surface area contributed by atoms with Gasteiger partial charge in [0.1, 0.15) is 6.23 Å². The van der Waals surface area contributed by atoms with Crippen LogP contribution in [0.25, 0.3) is 0 Å². The first-order valence-corrected chi connectivity index (χ1v) is 4.62. The molecule has 0 aromatic heterocycles. The molecule has 0 heterocycles. The monoisotopic (exact) mass is 215 g/mol. The number of aryl methyl sites for hydroxylation is 1. The van der Waals surface area contributed by atoms with Gasteiger partial charge >= 0.3 is 0 Å². The maximum atomic E-state index is 5.47. The van der Waals surface area contributed by atoms with Gasteiger partial charge in [-0.25, -0.2) is 0 Å². The van der Waals surface area contributed by atoms with Gasteiger partial charge in [0.2, 0.25) is 0 Å². The van der Waals surface area contributed by atoms with Crippen molar-refractivity contribution in [1.29, 1.82) is 0 Å². The van der Waals surface area contributed by atoms with Crippen LogP contribution in [0.5, 0.6) is 0 Å². The van der Waals surface area contributed by atoms with Crippen molar-refractivity contribution in [3.05, 3.63) is 35.4 Å². The van der Waals surface area contributed by atoms with E-state index in [1.807, 2.05) is 19.1 Å². The van der Waals surface area contributed by atoms with E-state index < -0.39 is 0 Å². The fourth-order valence-electron chi connectivity index (χ4n) is 1.25. The molecule has 0 saturated carbocycles. The average Bonchev–Trinajstić information content (AvgIpc) is 2.08. The first-order chi connectivity index (χ1) is 6.20. The van der Waals surface area contributed by atoms with Crippen molar-refractivity contribution in [1.82, 2.24) is 0 Å². The molecule has 0 radical (unpaired) electrons. The molecule has 0 spiro atoms. The molecule has 80 valence electrons. The summed E-state index contributed by atoms with van der Waals surface area (Å²) >= 11 is 0. The Morgan fingerprint density at radius 3 is 2.57 bits per heavy atom. The molecule has 1 atom stereocenters. The number of nitrogens with two attached hydrogens (primary N) is 1. The average molecular weight is 216 g/mol. The van der Waals surface area contributed by atoms with E-state index in [9.17, 15) is 0 Å². The molecule has 0 aliphatic rings. The number of hydrogen-bond donors (Lipinski definition) is 1. The molecule has 0 aliphatic carbocycles. The van der Waals surface area contributed by atoms with Gasteiger partial charge in [0.15, 0.2) is 0 Å². The zero-order valence-electron chi connectivity index (χ0n) is 8.69. The maximum Gasteiger partial charge on any atom is 0.102 e. The van der Waals surface area contributed by atoms with Gasteiger partial charge in [0.25, 0.3) is 0 Å². The molecular formula is C11H18ClNO. The summed E-state index contributed by atoms with van der Waals surface area (Å²) in [6.45, 7) is 4.65. The van der Waals surface area contributed by atoms with Crippen LogP contribution in [0, 0.1) is 6.92 Å². The minimum Gasteiger partial charge on any atom is -0.364 e. The normalized spacial score (nSPS) is 11.9. The topological polar surface area (TPSA) is 35.2 Å². The van der Waals surface area contributed by atoms with Gasteiger partial charge in [0.05, 0.1) is 6.61 Å². The van der Waals surface area contributed by atoms with Gasteiger partial charge in [-0.1, -0.05) is 24.3 Å². The van der Waals surface area contributed by atoms with Gasteiger partial charge in [-0.3, -0.25) is 0 Å². The maximum absolute atomic E-state index is 5.47. The first-order valence-electron chi connectivity index (χ1n) is 4.62. The lowest BCUT2D eigenvalue weighted by atomic mass is 10.1. The second-order valence-electron chi connectivity index (χ2n) is 3.25. The van der Waals surface area contributed by atoms with E-state index in [-0.39, 0.29) is 18.6 Å². The van der Waals surface area contributed by atoms with Crippen LogP contribution < -0.4 is 5.73 Å². The molecule has 0 amide bonds. The van der Waals surface area contributed by atoms with Crippen LogP contribution >= 0.6 is 12.4 Å². The predicted octanol–water partition coefficient (Wildman–Crippen LogP) is 2.28. The van der Waals surface area contributed by atoms with Crippen molar-refractivity contribution in [2.24, 2.45) is 5.73 Å². The number of rotatable bonds is 4. The van der Waals surface area contributed by atoms with Crippen LogP contribution in [0.3, 0.4) is 0 Å². The third-order valence-corrected chi connectivity index (χ3v) is 2.01. The number of benzene rings is 1. The van der Waals surface area contributed by atoms with Gasteiger partial charge in [-0.15, -0.1) is 12.4 Å².